The van der Waals surface area contributed by atoms with Crippen LogP contribution in [0.1, 0.15) is 5.82 Å². The van der Waals surface area contributed by atoms with E-state index < -0.39 is 0 Å². The van der Waals surface area contributed by atoms with Crippen LogP contribution in [0.5, 0.6) is 0 Å². The van der Waals surface area contributed by atoms with Crippen molar-refractivity contribution in [1.29, 1.82) is 0 Å². The van der Waals surface area contributed by atoms with E-state index in [9.17, 15) is 4.39 Å². The standard InChI is InChI=1S/C16H12FN7S/c17-13-9-5-4-8-12(13)15-18-16(21-20-15)25-10-14-19-22-23-24(14)11-6-2-1-3-7-11/h1-9H,10H2,(H,18,20,21). The van der Waals surface area contributed by atoms with Gasteiger partial charge in [0.15, 0.2) is 11.6 Å². The van der Waals surface area contributed by atoms with Gasteiger partial charge in [-0.2, -0.15) is 4.68 Å². The lowest BCUT2D eigenvalue weighted by molar-refractivity contribution is 0.630. The first kappa shape index (κ1) is 15.5. The molecule has 0 saturated heterocycles. The molecule has 0 amide bonds. The number of halogens is 1. The van der Waals surface area contributed by atoms with E-state index in [1.165, 1.54) is 17.8 Å². The van der Waals surface area contributed by atoms with Gasteiger partial charge in [-0.05, 0) is 34.7 Å². The fourth-order valence-electron chi connectivity index (χ4n) is 2.28. The Balaban J connectivity index is 1.50. The Morgan fingerprint density at radius 2 is 1.84 bits per heavy atom. The first-order valence-electron chi connectivity index (χ1n) is 7.44. The van der Waals surface area contributed by atoms with Crippen molar-refractivity contribution in [3.8, 4) is 17.1 Å². The molecule has 4 rings (SSSR count). The third-order valence-corrected chi connectivity index (χ3v) is 4.30. The highest BCUT2D eigenvalue weighted by Crippen LogP contribution is 2.23. The van der Waals surface area contributed by atoms with Gasteiger partial charge in [0.05, 0.1) is 17.0 Å². The Morgan fingerprint density at radius 1 is 1.04 bits per heavy atom. The maximum absolute atomic E-state index is 13.8. The van der Waals surface area contributed by atoms with Gasteiger partial charge in [-0.15, -0.1) is 10.2 Å². The number of H-pyrrole nitrogens is 1. The highest BCUT2D eigenvalue weighted by Gasteiger charge is 2.13. The molecular weight excluding hydrogens is 341 g/mol. The summed E-state index contributed by atoms with van der Waals surface area (Å²) >= 11 is 1.37. The van der Waals surface area contributed by atoms with Gasteiger partial charge >= 0.3 is 0 Å². The summed E-state index contributed by atoms with van der Waals surface area (Å²) in [6.45, 7) is 0. The normalized spacial score (nSPS) is 10.9. The van der Waals surface area contributed by atoms with E-state index in [1.807, 2.05) is 30.3 Å². The van der Waals surface area contributed by atoms with Crippen molar-refractivity contribution in [3.05, 3.63) is 66.2 Å². The first-order valence-corrected chi connectivity index (χ1v) is 8.42. The van der Waals surface area contributed by atoms with Crippen LogP contribution in [0.15, 0.2) is 59.8 Å². The number of rotatable bonds is 5. The lowest BCUT2D eigenvalue weighted by Crippen LogP contribution is -2.01. The predicted octanol–water partition coefficient (Wildman–Crippen LogP) is 2.88. The summed E-state index contributed by atoms with van der Waals surface area (Å²) in [5.74, 6) is 1.20. The van der Waals surface area contributed by atoms with Crippen molar-refractivity contribution in [2.75, 3.05) is 0 Å². The molecule has 0 unspecified atom stereocenters. The van der Waals surface area contributed by atoms with Crippen molar-refractivity contribution in [1.82, 2.24) is 35.4 Å². The highest BCUT2D eigenvalue weighted by molar-refractivity contribution is 7.98. The zero-order valence-corrected chi connectivity index (χ0v) is 13.7. The number of hydrogen-bond acceptors (Lipinski definition) is 6. The van der Waals surface area contributed by atoms with Gasteiger partial charge in [0.2, 0.25) is 5.16 Å². The van der Waals surface area contributed by atoms with E-state index in [1.54, 1.807) is 22.9 Å². The number of tetrazole rings is 1. The van der Waals surface area contributed by atoms with Gasteiger partial charge in [-0.25, -0.2) is 9.37 Å². The second kappa shape index (κ2) is 6.81. The minimum absolute atomic E-state index is 0.344. The summed E-state index contributed by atoms with van der Waals surface area (Å²) in [6, 6.07) is 16.0. The molecule has 2 heterocycles. The molecule has 0 radical (unpaired) electrons. The predicted molar refractivity (Wildman–Crippen MR) is 90.5 cm³/mol. The van der Waals surface area contributed by atoms with Crippen molar-refractivity contribution in [2.24, 2.45) is 0 Å². The van der Waals surface area contributed by atoms with E-state index in [-0.39, 0.29) is 5.82 Å². The van der Waals surface area contributed by atoms with Crippen LogP contribution in [0.4, 0.5) is 4.39 Å². The Morgan fingerprint density at radius 3 is 2.68 bits per heavy atom. The molecule has 0 aliphatic heterocycles. The fraction of sp³-hybridized carbons (Fsp3) is 0.0625. The van der Waals surface area contributed by atoms with Crippen LogP contribution in [0.25, 0.3) is 17.1 Å². The minimum atomic E-state index is -0.344. The molecule has 4 aromatic rings. The highest BCUT2D eigenvalue weighted by atomic mass is 32.2. The van der Waals surface area contributed by atoms with Crippen LogP contribution in [0.3, 0.4) is 0 Å². The summed E-state index contributed by atoms with van der Waals surface area (Å²) < 4.78 is 15.5. The molecule has 0 aliphatic carbocycles. The second-order valence-electron chi connectivity index (χ2n) is 5.08. The average molecular weight is 353 g/mol. The molecule has 9 heteroatoms. The van der Waals surface area contributed by atoms with Crippen LogP contribution < -0.4 is 0 Å². The maximum atomic E-state index is 13.8. The van der Waals surface area contributed by atoms with Gasteiger partial charge in [0.25, 0.3) is 0 Å². The zero-order valence-electron chi connectivity index (χ0n) is 12.9. The monoisotopic (exact) mass is 353 g/mol. The lowest BCUT2D eigenvalue weighted by Gasteiger charge is -2.02. The summed E-state index contributed by atoms with van der Waals surface area (Å²) in [5, 5.41) is 19.2. The van der Waals surface area contributed by atoms with Gasteiger partial charge in [-0.1, -0.05) is 42.1 Å². The molecule has 0 spiro atoms. The number of para-hydroxylation sites is 1. The van der Waals surface area contributed by atoms with Gasteiger partial charge in [0.1, 0.15) is 5.82 Å². The first-order chi connectivity index (χ1) is 12.3. The summed E-state index contributed by atoms with van der Waals surface area (Å²) in [4.78, 5) is 4.32. The number of aromatic amines is 1. The average Bonchev–Trinajstić information content (AvgIpc) is 3.30. The van der Waals surface area contributed by atoms with Gasteiger partial charge in [-0.3, -0.25) is 5.10 Å². The Hall–Kier alpha value is -3.07. The van der Waals surface area contributed by atoms with Crippen molar-refractivity contribution in [3.63, 3.8) is 0 Å². The minimum Gasteiger partial charge on any atom is -0.258 e. The van der Waals surface area contributed by atoms with E-state index in [4.69, 9.17) is 0 Å². The van der Waals surface area contributed by atoms with Crippen molar-refractivity contribution in [2.45, 2.75) is 10.9 Å². The van der Waals surface area contributed by atoms with Crippen molar-refractivity contribution < 1.29 is 4.39 Å². The topological polar surface area (TPSA) is 85.2 Å². The third kappa shape index (κ3) is 3.26. The Bertz CT molecular complexity index is 983. The van der Waals surface area contributed by atoms with Crippen LogP contribution in [-0.2, 0) is 5.75 Å². The van der Waals surface area contributed by atoms with E-state index in [0.717, 1.165) is 5.69 Å². The largest absolute Gasteiger partial charge is 0.258 e. The quantitative estimate of drug-likeness (QED) is 0.555. The number of nitrogens with zero attached hydrogens (tertiary/aromatic N) is 6. The van der Waals surface area contributed by atoms with Crippen LogP contribution >= 0.6 is 11.8 Å². The van der Waals surface area contributed by atoms with Gasteiger partial charge in [0, 0.05) is 0 Å². The second-order valence-corrected chi connectivity index (χ2v) is 6.02. The fourth-order valence-corrected chi connectivity index (χ4v) is 2.98. The number of nitrogens with one attached hydrogen (secondary N) is 1. The molecule has 2 aromatic carbocycles. The van der Waals surface area contributed by atoms with Crippen LogP contribution in [0, 0.1) is 5.82 Å². The molecule has 2 aromatic heterocycles. The molecule has 1 N–H and O–H groups in total. The van der Waals surface area contributed by atoms with E-state index >= 15 is 0 Å². The molecule has 0 saturated carbocycles. The number of hydrogen-bond donors (Lipinski definition) is 1. The lowest BCUT2D eigenvalue weighted by atomic mass is 10.2. The summed E-state index contributed by atoms with van der Waals surface area (Å²) in [5.41, 5.74) is 1.26. The molecule has 0 aliphatic rings. The zero-order chi connectivity index (χ0) is 17.1. The van der Waals surface area contributed by atoms with E-state index in [0.29, 0.717) is 28.1 Å². The van der Waals surface area contributed by atoms with Crippen molar-refractivity contribution >= 4 is 11.8 Å². The van der Waals surface area contributed by atoms with Crippen LogP contribution in [-0.4, -0.2) is 35.4 Å². The molecule has 25 heavy (non-hydrogen) atoms. The number of aromatic nitrogens is 7. The molecule has 0 fully saturated rings. The summed E-state index contributed by atoms with van der Waals surface area (Å²) in [6.07, 6.45) is 0. The third-order valence-electron chi connectivity index (χ3n) is 3.46. The molecule has 0 bridgehead atoms. The smallest absolute Gasteiger partial charge is 0.209 e. The van der Waals surface area contributed by atoms with E-state index in [2.05, 4.69) is 30.7 Å². The Labute approximate surface area is 146 Å². The Kier molecular flexibility index (Phi) is 4.21. The van der Waals surface area contributed by atoms with Crippen LogP contribution in [0.2, 0.25) is 0 Å². The number of benzene rings is 2. The molecule has 0 atom stereocenters. The summed E-state index contributed by atoms with van der Waals surface area (Å²) in [7, 11) is 0. The van der Waals surface area contributed by atoms with Gasteiger partial charge < -0.3 is 0 Å². The molecular formula is C16H12FN7S. The molecule has 7 nitrogen and oxygen atoms in total. The molecule has 124 valence electrons. The SMILES string of the molecule is Fc1ccccc1-c1nc(SCc2nnnn2-c2ccccc2)n[nH]1. The number of thioether (sulfide) groups is 1. The maximum Gasteiger partial charge on any atom is 0.209 e.